The van der Waals surface area contributed by atoms with Crippen LogP contribution in [0.25, 0.3) is 0 Å². The summed E-state index contributed by atoms with van der Waals surface area (Å²) in [6.07, 6.45) is 6.54. The van der Waals surface area contributed by atoms with Gasteiger partial charge in [-0.3, -0.25) is 4.98 Å². The first kappa shape index (κ1) is 13.6. The van der Waals surface area contributed by atoms with Gasteiger partial charge in [-0.1, -0.05) is 13.8 Å². The Morgan fingerprint density at radius 1 is 1.42 bits per heavy atom. The molecular formula is C15H19NO3. The molecule has 1 unspecified atom stereocenters. The van der Waals surface area contributed by atoms with Crippen LogP contribution in [-0.4, -0.2) is 21.7 Å². The third kappa shape index (κ3) is 3.13. The minimum Gasteiger partial charge on any atom is -0.512 e. The maximum absolute atomic E-state index is 11.5. The van der Waals surface area contributed by atoms with Crippen LogP contribution in [0.4, 0.5) is 0 Å². The Kier molecular flexibility index (Phi) is 3.88. The number of ether oxygens (including phenoxy) is 1. The molecule has 1 aromatic heterocycles. The number of rotatable bonds is 4. The van der Waals surface area contributed by atoms with Crippen LogP contribution >= 0.6 is 0 Å². The molecule has 2 rings (SSSR count). The molecular weight excluding hydrogens is 242 g/mol. The molecule has 102 valence electrons. The maximum atomic E-state index is 11.5. The first-order chi connectivity index (χ1) is 9.02. The van der Waals surface area contributed by atoms with Crippen molar-refractivity contribution in [3.8, 4) is 0 Å². The third-order valence-electron chi connectivity index (χ3n) is 3.71. The zero-order chi connectivity index (χ0) is 13.9. The summed E-state index contributed by atoms with van der Waals surface area (Å²) >= 11 is 0. The van der Waals surface area contributed by atoms with Gasteiger partial charge in [0, 0.05) is 18.8 Å². The molecule has 1 N–H and O–H groups in total. The minimum absolute atomic E-state index is 0.111. The highest BCUT2D eigenvalue weighted by atomic mass is 16.6. The molecule has 0 saturated carbocycles. The Hall–Kier alpha value is -1.84. The summed E-state index contributed by atoms with van der Waals surface area (Å²) < 4.78 is 5.54. The normalized spacial score (nSPS) is 23.1. The van der Waals surface area contributed by atoms with E-state index in [-0.39, 0.29) is 11.7 Å². The van der Waals surface area contributed by atoms with Gasteiger partial charge in [-0.2, -0.15) is 0 Å². The van der Waals surface area contributed by atoms with E-state index < -0.39 is 11.6 Å². The highest BCUT2D eigenvalue weighted by molar-refractivity contribution is 5.83. The molecule has 0 aromatic carbocycles. The van der Waals surface area contributed by atoms with Crippen molar-refractivity contribution < 1.29 is 14.6 Å². The van der Waals surface area contributed by atoms with Crippen molar-refractivity contribution in [2.45, 2.75) is 38.7 Å². The smallest absolute Gasteiger partial charge is 0.334 e. The number of aromatic nitrogens is 1. The van der Waals surface area contributed by atoms with E-state index >= 15 is 0 Å². The number of carbonyl (C=O) groups is 1. The summed E-state index contributed by atoms with van der Waals surface area (Å²) in [4.78, 5) is 15.5. The summed E-state index contributed by atoms with van der Waals surface area (Å²) in [5.41, 5.74) is 0.541. The van der Waals surface area contributed by atoms with E-state index in [9.17, 15) is 9.90 Å². The molecule has 1 atom stereocenters. The Balaban J connectivity index is 2.13. The van der Waals surface area contributed by atoms with E-state index in [1.54, 1.807) is 12.4 Å². The Morgan fingerprint density at radius 2 is 2.11 bits per heavy atom. The topological polar surface area (TPSA) is 59.4 Å². The summed E-state index contributed by atoms with van der Waals surface area (Å²) in [6.45, 7) is 4.02. The molecule has 0 amide bonds. The van der Waals surface area contributed by atoms with Crippen molar-refractivity contribution in [2.75, 3.05) is 0 Å². The fourth-order valence-electron chi connectivity index (χ4n) is 2.41. The number of aryl methyl sites for hydroxylation is 1. The fourth-order valence-corrected chi connectivity index (χ4v) is 2.41. The Morgan fingerprint density at radius 3 is 2.68 bits per heavy atom. The molecule has 0 bridgehead atoms. The number of carbonyl (C=O) groups excluding carboxylic acids is 1. The molecule has 4 nitrogen and oxygen atoms in total. The van der Waals surface area contributed by atoms with Crippen LogP contribution in [0, 0.1) is 5.92 Å². The Labute approximate surface area is 113 Å². The summed E-state index contributed by atoms with van der Waals surface area (Å²) in [5.74, 6) is -0.194. The van der Waals surface area contributed by atoms with Gasteiger partial charge in [0.25, 0.3) is 0 Å². The van der Waals surface area contributed by atoms with Gasteiger partial charge >= 0.3 is 5.97 Å². The predicted octanol–water partition coefficient (Wildman–Crippen LogP) is 2.80. The molecule has 19 heavy (non-hydrogen) atoms. The van der Waals surface area contributed by atoms with Crippen LogP contribution in [0.1, 0.15) is 32.3 Å². The lowest BCUT2D eigenvalue weighted by molar-refractivity contribution is -0.163. The van der Waals surface area contributed by atoms with Crippen LogP contribution in [0.5, 0.6) is 0 Å². The SMILES string of the molecule is CC(C)C1(CCc2ccncc2)CC(O)=CC(=O)O1. The monoisotopic (exact) mass is 261 g/mol. The van der Waals surface area contributed by atoms with Crippen molar-refractivity contribution in [3.63, 3.8) is 0 Å². The number of aliphatic hydroxyl groups is 1. The zero-order valence-electron chi connectivity index (χ0n) is 11.3. The lowest BCUT2D eigenvalue weighted by atomic mass is 9.80. The van der Waals surface area contributed by atoms with Gasteiger partial charge in [-0.15, -0.1) is 0 Å². The third-order valence-corrected chi connectivity index (χ3v) is 3.71. The average Bonchev–Trinajstić information content (AvgIpc) is 2.36. The quantitative estimate of drug-likeness (QED) is 0.847. The molecule has 2 heterocycles. The molecule has 0 radical (unpaired) electrons. The minimum atomic E-state index is -0.612. The van der Waals surface area contributed by atoms with Gasteiger partial charge < -0.3 is 9.84 Å². The molecule has 0 fully saturated rings. The van der Waals surface area contributed by atoms with Gasteiger partial charge in [0.2, 0.25) is 0 Å². The second-order valence-corrected chi connectivity index (χ2v) is 5.31. The van der Waals surface area contributed by atoms with Crippen LogP contribution in [0.3, 0.4) is 0 Å². The standard InChI is InChI=1S/C15H19NO3/c1-11(2)15(10-13(17)9-14(18)19-15)6-3-12-4-7-16-8-5-12/h4-5,7-9,11,17H,3,6,10H2,1-2H3. The van der Waals surface area contributed by atoms with Crippen molar-refractivity contribution >= 4 is 5.97 Å². The molecule has 0 aliphatic carbocycles. The molecule has 0 saturated heterocycles. The lowest BCUT2D eigenvalue weighted by Crippen LogP contribution is -2.43. The number of hydrogen-bond donors (Lipinski definition) is 1. The van der Waals surface area contributed by atoms with Gasteiger partial charge in [0.05, 0.1) is 6.08 Å². The van der Waals surface area contributed by atoms with Crippen molar-refractivity contribution in [2.24, 2.45) is 5.92 Å². The number of aliphatic hydroxyl groups excluding tert-OH is 1. The van der Waals surface area contributed by atoms with Crippen LogP contribution in [0.2, 0.25) is 0 Å². The van der Waals surface area contributed by atoms with Crippen molar-refractivity contribution in [3.05, 3.63) is 41.9 Å². The molecule has 0 spiro atoms. The van der Waals surface area contributed by atoms with Gasteiger partial charge in [0.15, 0.2) is 0 Å². The average molecular weight is 261 g/mol. The van der Waals surface area contributed by atoms with E-state index in [0.29, 0.717) is 12.8 Å². The first-order valence-electron chi connectivity index (χ1n) is 6.53. The zero-order valence-corrected chi connectivity index (χ0v) is 11.3. The number of hydrogen-bond acceptors (Lipinski definition) is 4. The molecule has 1 aliphatic heterocycles. The van der Waals surface area contributed by atoms with Crippen LogP contribution < -0.4 is 0 Å². The summed E-state index contributed by atoms with van der Waals surface area (Å²) in [5, 5.41) is 9.71. The lowest BCUT2D eigenvalue weighted by Gasteiger charge is -2.39. The molecule has 4 heteroatoms. The van der Waals surface area contributed by atoms with E-state index in [1.807, 2.05) is 26.0 Å². The van der Waals surface area contributed by atoms with Crippen LogP contribution in [-0.2, 0) is 16.0 Å². The number of esters is 1. The fraction of sp³-hybridized carbons (Fsp3) is 0.467. The maximum Gasteiger partial charge on any atom is 0.334 e. The van der Waals surface area contributed by atoms with E-state index in [4.69, 9.17) is 4.74 Å². The van der Waals surface area contributed by atoms with E-state index in [1.165, 1.54) is 0 Å². The predicted molar refractivity (Wildman–Crippen MR) is 71.5 cm³/mol. The molecule has 1 aliphatic rings. The second kappa shape index (κ2) is 5.43. The molecule has 1 aromatic rings. The highest BCUT2D eigenvalue weighted by Crippen LogP contribution is 2.36. The Bertz CT molecular complexity index is 481. The largest absolute Gasteiger partial charge is 0.512 e. The second-order valence-electron chi connectivity index (χ2n) is 5.31. The summed E-state index contributed by atoms with van der Waals surface area (Å²) in [7, 11) is 0. The van der Waals surface area contributed by atoms with Crippen molar-refractivity contribution in [1.82, 2.24) is 4.98 Å². The van der Waals surface area contributed by atoms with Crippen LogP contribution in [0.15, 0.2) is 36.4 Å². The number of pyridine rings is 1. The van der Waals surface area contributed by atoms with E-state index in [2.05, 4.69) is 4.98 Å². The number of nitrogens with zero attached hydrogens (tertiary/aromatic N) is 1. The summed E-state index contributed by atoms with van der Waals surface area (Å²) in [6, 6.07) is 3.91. The number of cyclic esters (lactones) is 1. The van der Waals surface area contributed by atoms with Gasteiger partial charge in [-0.25, -0.2) is 4.79 Å². The van der Waals surface area contributed by atoms with Gasteiger partial charge in [0.1, 0.15) is 11.4 Å². The first-order valence-corrected chi connectivity index (χ1v) is 6.53. The highest BCUT2D eigenvalue weighted by Gasteiger charge is 2.40. The van der Waals surface area contributed by atoms with Crippen molar-refractivity contribution in [1.29, 1.82) is 0 Å². The van der Waals surface area contributed by atoms with E-state index in [0.717, 1.165) is 18.1 Å². The van der Waals surface area contributed by atoms with Gasteiger partial charge in [-0.05, 0) is 36.5 Å².